The molecule has 1 atom stereocenters. The number of aryl methyl sites for hydroxylation is 2. The third-order valence-electron chi connectivity index (χ3n) is 8.11. The van der Waals surface area contributed by atoms with Gasteiger partial charge in [-0.05, 0) is 30.4 Å². The van der Waals surface area contributed by atoms with Crippen molar-refractivity contribution in [2.75, 3.05) is 4.90 Å². The van der Waals surface area contributed by atoms with Gasteiger partial charge in [0.05, 0.1) is 23.5 Å². The van der Waals surface area contributed by atoms with Crippen LogP contribution in [0.3, 0.4) is 0 Å². The van der Waals surface area contributed by atoms with Crippen LogP contribution in [0.5, 0.6) is 0 Å². The molecule has 1 aromatic carbocycles. The van der Waals surface area contributed by atoms with E-state index in [1.165, 1.54) is 28.2 Å². The molecule has 4 heterocycles. The van der Waals surface area contributed by atoms with E-state index in [1.807, 2.05) is 20.0 Å². The molecule has 0 amide bonds. The largest absolute Gasteiger partial charge is 0.354 e. The standard InChI is InChI=1S/C22H28N4.C2H6/c1-14-9-8-10-15-17(14)26-13-16-18(25-12-11-23-19(25)24(16)7)22(26,6)21(4,5)20(15,2)3;1-2/h8-12H,13H2,1-7H3;1-2H3. The summed E-state index contributed by atoms with van der Waals surface area (Å²) in [6, 6.07) is 6.80. The second-order valence-electron chi connectivity index (χ2n) is 9.33. The highest BCUT2D eigenvalue weighted by Gasteiger charge is 2.63. The molecule has 0 N–H and O–H groups in total. The summed E-state index contributed by atoms with van der Waals surface area (Å²) in [4.78, 5) is 7.26. The molecular weight excluding hydrogens is 344 g/mol. The van der Waals surface area contributed by atoms with E-state index in [-0.39, 0.29) is 16.4 Å². The molecular formula is C24H34N4. The molecule has 2 aliphatic rings. The Morgan fingerprint density at radius 1 is 1.04 bits per heavy atom. The third-order valence-corrected chi connectivity index (χ3v) is 8.11. The maximum absolute atomic E-state index is 4.60. The minimum Gasteiger partial charge on any atom is -0.354 e. The normalized spacial score (nSPS) is 23.7. The Morgan fingerprint density at radius 3 is 2.39 bits per heavy atom. The fraction of sp³-hybridized carbons (Fsp3) is 0.542. The van der Waals surface area contributed by atoms with Crippen LogP contribution in [0.15, 0.2) is 30.6 Å². The maximum Gasteiger partial charge on any atom is 0.214 e. The van der Waals surface area contributed by atoms with Crippen molar-refractivity contribution in [3.8, 4) is 0 Å². The summed E-state index contributed by atoms with van der Waals surface area (Å²) >= 11 is 0. The summed E-state index contributed by atoms with van der Waals surface area (Å²) in [5.74, 6) is 1.04. The lowest BCUT2D eigenvalue weighted by Crippen LogP contribution is -2.62. The Bertz CT molecular complexity index is 1070. The molecule has 0 bridgehead atoms. The second kappa shape index (κ2) is 5.65. The fourth-order valence-electron chi connectivity index (χ4n) is 5.67. The molecule has 0 spiro atoms. The lowest BCUT2D eigenvalue weighted by atomic mass is 9.52. The Morgan fingerprint density at radius 2 is 1.71 bits per heavy atom. The van der Waals surface area contributed by atoms with Crippen molar-refractivity contribution in [1.82, 2.24) is 14.0 Å². The number of imidazole rings is 2. The van der Waals surface area contributed by atoms with E-state index in [2.05, 4.69) is 91.8 Å². The van der Waals surface area contributed by atoms with Crippen molar-refractivity contribution < 1.29 is 0 Å². The molecule has 3 aromatic rings. The van der Waals surface area contributed by atoms with Gasteiger partial charge in [0.15, 0.2) is 0 Å². The van der Waals surface area contributed by atoms with Gasteiger partial charge in [0.1, 0.15) is 0 Å². The third kappa shape index (κ3) is 1.84. The molecule has 5 rings (SSSR count). The maximum atomic E-state index is 4.60. The molecule has 150 valence electrons. The first-order valence-electron chi connectivity index (χ1n) is 10.5. The van der Waals surface area contributed by atoms with Gasteiger partial charge in [-0.1, -0.05) is 59.7 Å². The lowest BCUT2D eigenvalue weighted by Gasteiger charge is -2.61. The van der Waals surface area contributed by atoms with Crippen molar-refractivity contribution in [1.29, 1.82) is 0 Å². The van der Waals surface area contributed by atoms with Crippen LogP contribution >= 0.6 is 0 Å². The number of rotatable bonds is 0. The number of aromatic nitrogens is 3. The van der Waals surface area contributed by atoms with Crippen LogP contribution in [0.4, 0.5) is 5.69 Å². The van der Waals surface area contributed by atoms with Crippen molar-refractivity contribution in [3.05, 3.63) is 53.1 Å². The van der Waals surface area contributed by atoms with Crippen LogP contribution in [0.2, 0.25) is 0 Å². The van der Waals surface area contributed by atoms with Crippen LogP contribution in [-0.2, 0) is 24.5 Å². The van der Waals surface area contributed by atoms with E-state index in [9.17, 15) is 0 Å². The summed E-state index contributed by atoms with van der Waals surface area (Å²) in [7, 11) is 2.15. The predicted molar refractivity (Wildman–Crippen MR) is 117 cm³/mol. The minimum absolute atomic E-state index is 0.0323. The summed E-state index contributed by atoms with van der Waals surface area (Å²) in [5, 5.41) is 0. The number of para-hydroxylation sites is 1. The highest BCUT2D eigenvalue weighted by atomic mass is 15.3. The van der Waals surface area contributed by atoms with Gasteiger partial charge in [0, 0.05) is 30.5 Å². The zero-order valence-electron chi connectivity index (χ0n) is 18.9. The molecule has 4 nitrogen and oxygen atoms in total. The van der Waals surface area contributed by atoms with Gasteiger partial charge in [0.2, 0.25) is 5.78 Å². The molecule has 1 unspecified atom stereocenters. The molecule has 0 aliphatic carbocycles. The van der Waals surface area contributed by atoms with Crippen LogP contribution in [0.25, 0.3) is 5.78 Å². The molecule has 4 heteroatoms. The van der Waals surface area contributed by atoms with E-state index < -0.39 is 0 Å². The van der Waals surface area contributed by atoms with Gasteiger partial charge in [-0.25, -0.2) is 4.98 Å². The first-order chi connectivity index (χ1) is 13.1. The number of benzene rings is 1. The summed E-state index contributed by atoms with van der Waals surface area (Å²) in [6.45, 7) is 19.3. The SMILES string of the molecule is CC.Cc1cccc2c1N1Cc3c(n4ccnc4n3C)C1(C)C(C)(C)C2(C)C. The second-order valence-corrected chi connectivity index (χ2v) is 9.33. The molecule has 28 heavy (non-hydrogen) atoms. The van der Waals surface area contributed by atoms with Crippen LogP contribution in [0.1, 0.15) is 71.0 Å². The van der Waals surface area contributed by atoms with E-state index in [0.717, 1.165) is 12.3 Å². The van der Waals surface area contributed by atoms with E-state index in [0.29, 0.717) is 0 Å². The van der Waals surface area contributed by atoms with Crippen molar-refractivity contribution in [3.63, 3.8) is 0 Å². The van der Waals surface area contributed by atoms with E-state index in [1.54, 1.807) is 0 Å². The number of anilines is 1. The van der Waals surface area contributed by atoms with Crippen molar-refractivity contribution in [2.24, 2.45) is 12.5 Å². The van der Waals surface area contributed by atoms with Gasteiger partial charge in [-0.2, -0.15) is 0 Å². The Hall–Kier alpha value is -2.23. The van der Waals surface area contributed by atoms with Crippen molar-refractivity contribution in [2.45, 2.75) is 72.9 Å². The minimum atomic E-state index is -0.106. The fourth-order valence-corrected chi connectivity index (χ4v) is 5.67. The van der Waals surface area contributed by atoms with Gasteiger partial charge >= 0.3 is 0 Å². The zero-order valence-corrected chi connectivity index (χ0v) is 18.9. The number of hydrogen-bond donors (Lipinski definition) is 0. The average molecular weight is 379 g/mol. The van der Waals surface area contributed by atoms with Crippen LogP contribution in [-0.4, -0.2) is 14.0 Å². The van der Waals surface area contributed by atoms with Gasteiger partial charge < -0.3 is 9.47 Å². The summed E-state index contributed by atoms with van der Waals surface area (Å²) in [6.07, 6.45) is 4.04. The van der Waals surface area contributed by atoms with E-state index in [4.69, 9.17) is 0 Å². The molecule has 2 aliphatic heterocycles. The highest BCUT2D eigenvalue weighted by molar-refractivity contribution is 5.71. The molecule has 0 radical (unpaired) electrons. The molecule has 0 fully saturated rings. The number of fused-ring (bicyclic) bond motifs is 7. The monoisotopic (exact) mass is 378 g/mol. The Labute approximate surface area is 169 Å². The van der Waals surface area contributed by atoms with Crippen LogP contribution < -0.4 is 4.90 Å². The molecule has 0 saturated carbocycles. The first kappa shape index (κ1) is 19.1. The predicted octanol–water partition coefficient (Wildman–Crippen LogP) is 5.56. The smallest absolute Gasteiger partial charge is 0.214 e. The Kier molecular flexibility index (Phi) is 3.85. The van der Waals surface area contributed by atoms with Gasteiger partial charge in [-0.3, -0.25) is 4.40 Å². The lowest BCUT2D eigenvalue weighted by molar-refractivity contribution is 0.0651. The van der Waals surface area contributed by atoms with Gasteiger partial charge in [-0.15, -0.1) is 0 Å². The van der Waals surface area contributed by atoms with Crippen molar-refractivity contribution >= 4 is 11.5 Å². The number of nitrogens with zero attached hydrogens (tertiary/aromatic N) is 4. The highest BCUT2D eigenvalue weighted by Crippen LogP contribution is 2.65. The summed E-state index contributed by atoms with van der Waals surface area (Å²) < 4.78 is 4.59. The average Bonchev–Trinajstić information content (AvgIpc) is 3.30. The first-order valence-corrected chi connectivity index (χ1v) is 10.5. The molecule has 0 saturated heterocycles. The zero-order chi connectivity index (χ0) is 20.6. The van der Waals surface area contributed by atoms with Gasteiger partial charge in [0.25, 0.3) is 0 Å². The topological polar surface area (TPSA) is 25.5 Å². The quantitative estimate of drug-likeness (QED) is 0.512. The number of hydrogen-bond acceptors (Lipinski definition) is 2. The Balaban J connectivity index is 0.000000932. The molecule has 2 aromatic heterocycles. The van der Waals surface area contributed by atoms with E-state index >= 15 is 0 Å². The van der Waals surface area contributed by atoms with Crippen LogP contribution in [0, 0.1) is 12.3 Å². The summed E-state index contributed by atoms with van der Waals surface area (Å²) in [5.41, 5.74) is 7.01.